The van der Waals surface area contributed by atoms with Crippen LogP contribution >= 0.6 is 15.9 Å². The van der Waals surface area contributed by atoms with Gasteiger partial charge in [0.25, 0.3) is 0 Å². The van der Waals surface area contributed by atoms with E-state index in [-0.39, 0.29) is 0 Å². The van der Waals surface area contributed by atoms with Gasteiger partial charge in [-0.3, -0.25) is 0 Å². The van der Waals surface area contributed by atoms with E-state index in [1.807, 2.05) is 36.4 Å². The molecule has 2 N–H and O–H groups in total. The molecule has 2 rings (SSSR count). The number of nitrogens with two attached hydrogens (primary N) is 1. The average Bonchev–Trinajstić information content (AvgIpc) is 2.18. The first kappa shape index (κ1) is 9.28. The van der Waals surface area contributed by atoms with Crippen LogP contribution in [0, 0.1) is 0 Å². The highest BCUT2D eigenvalue weighted by Crippen LogP contribution is 2.27. The topological polar surface area (TPSA) is 26.0 Å². The van der Waals surface area contributed by atoms with Crippen LogP contribution in [0.4, 0.5) is 5.69 Å². The van der Waals surface area contributed by atoms with Gasteiger partial charge in [0, 0.05) is 15.7 Å². The molecular weight excluding hydrogens is 238 g/mol. The maximum absolute atomic E-state index is 5.89. The number of anilines is 1. The molecule has 0 fully saturated rings. The minimum atomic E-state index is 0.811. The quantitative estimate of drug-likeness (QED) is 0.765. The summed E-state index contributed by atoms with van der Waals surface area (Å²) in [4.78, 5) is 0. The van der Waals surface area contributed by atoms with Crippen molar-refractivity contribution in [3.05, 3.63) is 53.0 Å². The summed E-state index contributed by atoms with van der Waals surface area (Å²) < 4.78 is 1.07. The lowest BCUT2D eigenvalue weighted by Crippen LogP contribution is -1.88. The zero-order valence-corrected chi connectivity index (χ0v) is 9.16. The van der Waals surface area contributed by atoms with Gasteiger partial charge in [-0.25, -0.2) is 0 Å². The number of halogens is 1. The van der Waals surface area contributed by atoms with E-state index in [2.05, 4.69) is 28.1 Å². The van der Waals surface area contributed by atoms with Gasteiger partial charge in [-0.2, -0.15) is 0 Å². The molecule has 0 radical (unpaired) electrons. The highest BCUT2D eigenvalue weighted by Gasteiger charge is 2.00. The number of nitrogen functional groups attached to an aromatic ring is 1. The van der Waals surface area contributed by atoms with Crippen LogP contribution in [0.5, 0.6) is 0 Å². The van der Waals surface area contributed by atoms with Gasteiger partial charge in [-0.05, 0) is 23.8 Å². The van der Waals surface area contributed by atoms with Gasteiger partial charge < -0.3 is 5.73 Å². The summed E-state index contributed by atoms with van der Waals surface area (Å²) in [7, 11) is 0. The summed E-state index contributed by atoms with van der Waals surface area (Å²) in [6, 6.07) is 16.0. The van der Waals surface area contributed by atoms with Crippen molar-refractivity contribution in [2.75, 3.05) is 5.73 Å². The molecule has 2 aromatic carbocycles. The monoisotopic (exact) mass is 247 g/mol. The molecule has 1 nitrogen and oxygen atoms in total. The Morgan fingerprint density at radius 3 is 2.43 bits per heavy atom. The molecule has 2 heteroatoms. The Bertz CT molecular complexity index is 452. The summed E-state index contributed by atoms with van der Waals surface area (Å²) >= 11 is 3.44. The molecule has 0 atom stereocenters. The Morgan fingerprint density at radius 2 is 1.71 bits per heavy atom. The molecule has 0 bridgehead atoms. The summed E-state index contributed by atoms with van der Waals surface area (Å²) in [5.74, 6) is 0. The molecule has 0 amide bonds. The van der Waals surface area contributed by atoms with E-state index in [0.29, 0.717) is 0 Å². The highest BCUT2D eigenvalue weighted by molar-refractivity contribution is 9.10. The molecule has 0 aliphatic carbocycles. The largest absolute Gasteiger partial charge is 0.398 e. The number of benzene rings is 2. The molecule has 0 saturated carbocycles. The van der Waals surface area contributed by atoms with Gasteiger partial charge in [0.1, 0.15) is 0 Å². The number of rotatable bonds is 1. The molecule has 0 saturated heterocycles. The van der Waals surface area contributed by atoms with E-state index in [1.54, 1.807) is 0 Å². The van der Waals surface area contributed by atoms with Crippen molar-refractivity contribution in [3.63, 3.8) is 0 Å². The van der Waals surface area contributed by atoms with Crippen LogP contribution in [0.25, 0.3) is 11.1 Å². The molecule has 0 heterocycles. The van der Waals surface area contributed by atoms with Crippen molar-refractivity contribution < 1.29 is 0 Å². The van der Waals surface area contributed by atoms with Gasteiger partial charge in [0.15, 0.2) is 0 Å². The summed E-state index contributed by atoms with van der Waals surface area (Å²) in [6.07, 6.45) is 0. The van der Waals surface area contributed by atoms with Crippen molar-refractivity contribution in [1.29, 1.82) is 0 Å². The van der Waals surface area contributed by atoms with Crippen LogP contribution in [0.2, 0.25) is 0 Å². The first-order chi connectivity index (χ1) is 6.77. The van der Waals surface area contributed by atoms with Crippen molar-refractivity contribution in [3.8, 4) is 11.1 Å². The second-order valence-corrected chi connectivity index (χ2v) is 4.01. The SMILES string of the molecule is Nc1ccccc1-c1cccc(Br)c1. The zero-order valence-electron chi connectivity index (χ0n) is 7.57. The highest BCUT2D eigenvalue weighted by atomic mass is 79.9. The number of hydrogen-bond acceptors (Lipinski definition) is 1. The lowest BCUT2D eigenvalue weighted by Gasteiger charge is -2.05. The molecule has 2 aromatic rings. The Balaban J connectivity index is 2.55. The van der Waals surface area contributed by atoms with E-state index in [0.717, 1.165) is 21.3 Å². The first-order valence-electron chi connectivity index (χ1n) is 4.38. The Kier molecular flexibility index (Phi) is 2.55. The van der Waals surface area contributed by atoms with E-state index < -0.39 is 0 Å². The fourth-order valence-electron chi connectivity index (χ4n) is 1.42. The summed E-state index contributed by atoms with van der Waals surface area (Å²) in [5.41, 5.74) is 8.91. The predicted octanol–water partition coefficient (Wildman–Crippen LogP) is 3.70. The van der Waals surface area contributed by atoms with E-state index in [4.69, 9.17) is 5.73 Å². The van der Waals surface area contributed by atoms with Crippen LogP contribution in [0.3, 0.4) is 0 Å². The molecule has 0 unspecified atom stereocenters. The van der Waals surface area contributed by atoms with E-state index in [9.17, 15) is 0 Å². The van der Waals surface area contributed by atoms with Gasteiger partial charge in [0.05, 0.1) is 0 Å². The van der Waals surface area contributed by atoms with Crippen LogP contribution in [-0.2, 0) is 0 Å². The van der Waals surface area contributed by atoms with Gasteiger partial charge in [-0.1, -0.05) is 46.3 Å². The van der Waals surface area contributed by atoms with Crippen LogP contribution in [0.1, 0.15) is 0 Å². The molecule has 14 heavy (non-hydrogen) atoms. The van der Waals surface area contributed by atoms with Crippen molar-refractivity contribution >= 4 is 21.6 Å². The fraction of sp³-hybridized carbons (Fsp3) is 0. The van der Waals surface area contributed by atoms with E-state index >= 15 is 0 Å². The molecular formula is C12H10BrN. The predicted molar refractivity (Wildman–Crippen MR) is 64.0 cm³/mol. The standard InChI is InChI=1S/C12H10BrN/c13-10-5-3-4-9(8-10)11-6-1-2-7-12(11)14/h1-8H,14H2. The van der Waals surface area contributed by atoms with Crippen molar-refractivity contribution in [2.24, 2.45) is 0 Å². The smallest absolute Gasteiger partial charge is 0.0393 e. The lowest BCUT2D eigenvalue weighted by atomic mass is 10.0. The van der Waals surface area contributed by atoms with Crippen molar-refractivity contribution in [2.45, 2.75) is 0 Å². The van der Waals surface area contributed by atoms with Crippen LogP contribution in [-0.4, -0.2) is 0 Å². The first-order valence-corrected chi connectivity index (χ1v) is 5.17. The Labute approximate surface area is 91.7 Å². The van der Waals surface area contributed by atoms with Gasteiger partial charge >= 0.3 is 0 Å². The molecule has 0 aliphatic heterocycles. The maximum atomic E-state index is 5.89. The second kappa shape index (κ2) is 3.84. The molecule has 70 valence electrons. The summed E-state index contributed by atoms with van der Waals surface area (Å²) in [6.45, 7) is 0. The Morgan fingerprint density at radius 1 is 0.929 bits per heavy atom. The number of hydrogen-bond donors (Lipinski definition) is 1. The minimum absolute atomic E-state index is 0.811. The molecule has 0 aliphatic rings. The van der Waals surface area contributed by atoms with Crippen LogP contribution in [0.15, 0.2) is 53.0 Å². The third-order valence-corrected chi connectivity index (χ3v) is 2.59. The molecule has 0 aromatic heterocycles. The van der Waals surface area contributed by atoms with E-state index in [1.165, 1.54) is 0 Å². The number of para-hydroxylation sites is 1. The molecule has 0 spiro atoms. The second-order valence-electron chi connectivity index (χ2n) is 3.10. The van der Waals surface area contributed by atoms with Crippen LogP contribution < -0.4 is 5.73 Å². The lowest BCUT2D eigenvalue weighted by molar-refractivity contribution is 1.59. The van der Waals surface area contributed by atoms with Crippen molar-refractivity contribution in [1.82, 2.24) is 0 Å². The fourth-order valence-corrected chi connectivity index (χ4v) is 1.82. The normalized spacial score (nSPS) is 10.1. The Hall–Kier alpha value is -1.28. The zero-order chi connectivity index (χ0) is 9.97. The summed E-state index contributed by atoms with van der Waals surface area (Å²) in [5, 5.41) is 0. The third kappa shape index (κ3) is 1.80. The third-order valence-electron chi connectivity index (χ3n) is 2.10. The average molecular weight is 248 g/mol. The maximum Gasteiger partial charge on any atom is 0.0393 e. The minimum Gasteiger partial charge on any atom is -0.398 e. The van der Waals surface area contributed by atoms with Gasteiger partial charge in [-0.15, -0.1) is 0 Å². The van der Waals surface area contributed by atoms with Gasteiger partial charge in [0.2, 0.25) is 0 Å².